The van der Waals surface area contributed by atoms with Crippen LogP contribution in [0.4, 0.5) is 5.69 Å². The fourth-order valence-electron chi connectivity index (χ4n) is 5.42. The molecule has 1 heterocycles. The van der Waals surface area contributed by atoms with Gasteiger partial charge in [0.25, 0.3) is 0 Å². The molecule has 142 valence electrons. The van der Waals surface area contributed by atoms with E-state index < -0.39 is 10.2 Å². The number of fused-ring (bicyclic) bond motifs is 3. The van der Waals surface area contributed by atoms with Gasteiger partial charge in [-0.3, -0.25) is 4.72 Å². The molecule has 3 aliphatic rings. The van der Waals surface area contributed by atoms with Crippen LogP contribution in [0.5, 0.6) is 5.75 Å². The van der Waals surface area contributed by atoms with Crippen molar-refractivity contribution in [3.63, 3.8) is 0 Å². The number of ether oxygens (including phenoxy) is 1. The predicted octanol–water partition coefficient (Wildman–Crippen LogP) is 3.29. The van der Waals surface area contributed by atoms with Crippen LogP contribution in [0.2, 0.25) is 0 Å². The van der Waals surface area contributed by atoms with Crippen molar-refractivity contribution in [1.82, 2.24) is 0 Å². The largest absolute Gasteiger partial charge is 0.492 e. The Morgan fingerprint density at radius 3 is 2.65 bits per heavy atom. The summed E-state index contributed by atoms with van der Waals surface area (Å²) in [5.41, 5.74) is 7.02. The number of nitrogens with zero attached hydrogens (tertiary/aromatic N) is 1. The number of hydrogen-bond donors (Lipinski definition) is 2. The molecule has 1 aromatic rings. The second kappa shape index (κ2) is 6.15. The van der Waals surface area contributed by atoms with Crippen molar-refractivity contribution < 1.29 is 13.2 Å². The molecule has 4 rings (SSSR count). The maximum Gasteiger partial charge on any atom is 0.344 e. The van der Waals surface area contributed by atoms with Crippen LogP contribution >= 0.6 is 0 Å². The number of nitrogens with one attached hydrogen (secondary N) is 1. The van der Waals surface area contributed by atoms with Gasteiger partial charge in [-0.25, -0.2) is 0 Å². The van der Waals surface area contributed by atoms with Gasteiger partial charge in [0.2, 0.25) is 0 Å². The molecule has 2 bridgehead atoms. The van der Waals surface area contributed by atoms with Crippen LogP contribution in [0, 0.1) is 23.2 Å². The lowest BCUT2D eigenvalue weighted by Crippen LogP contribution is -2.39. The van der Waals surface area contributed by atoms with Crippen LogP contribution in [0.1, 0.15) is 51.5 Å². The van der Waals surface area contributed by atoms with Crippen molar-refractivity contribution in [3.8, 4) is 5.75 Å². The minimum Gasteiger partial charge on any atom is -0.492 e. The van der Waals surface area contributed by atoms with Gasteiger partial charge in [-0.1, -0.05) is 19.9 Å². The maximum atomic E-state index is 11.7. The maximum absolute atomic E-state index is 11.7. The molecule has 0 aromatic heterocycles. The van der Waals surface area contributed by atoms with Crippen LogP contribution < -0.4 is 15.2 Å². The van der Waals surface area contributed by atoms with Gasteiger partial charge < -0.3 is 10.5 Å². The molecule has 2 unspecified atom stereocenters. The fraction of sp³-hybridized carbons (Fsp3) is 0.632. The third-order valence-corrected chi connectivity index (χ3v) is 6.93. The number of benzene rings is 1. The highest BCUT2D eigenvalue weighted by molar-refractivity contribution is 7.91. The summed E-state index contributed by atoms with van der Waals surface area (Å²) >= 11 is 0. The Labute approximate surface area is 155 Å². The predicted molar refractivity (Wildman–Crippen MR) is 103 cm³/mol. The molecule has 2 atom stereocenters. The molecule has 1 aliphatic heterocycles. The molecule has 0 radical (unpaired) electrons. The second-order valence-corrected chi connectivity index (χ2v) is 10.1. The number of nitrogens with two attached hydrogens (primary N) is 1. The highest BCUT2D eigenvalue weighted by atomic mass is 32.2. The van der Waals surface area contributed by atoms with E-state index in [-0.39, 0.29) is 11.3 Å². The van der Waals surface area contributed by atoms with Crippen molar-refractivity contribution in [2.75, 3.05) is 11.3 Å². The minimum atomic E-state index is -3.77. The van der Waals surface area contributed by atoms with Crippen LogP contribution in [0.15, 0.2) is 22.6 Å². The van der Waals surface area contributed by atoms with Crippen molar-refractivity contribution >= 4 is 21.7 Å². The first-order chi connectivity index (χ1) is 12.2. The highest BCUT2D eigenvalue weighted by Gasteiger charge is 2.41. The van der Waals surface area contributed by atoms with Gasteiger partial charge in [0, 0.05) is 5.41 Å². The Morgan fingerprint density at radius 2 is 1.96 bits per heavy atom. The summed E-state index contributed by atoms with van der Waals surface area (Å²) in [6, 6.07) is 5.28. The van der Waals surface area contributed by atoms with Gasteiger partial charge in [0.15, 0.2) is 5.84 Å². The molecule has 2 saturated carbocycles. The molecule has 0 saturated heterocycles. The first kappa shape index (κ1) is 17.6. The summed E-state index contributed by atoms with van der Waals surface area (Å²) in [6.07, 6.45) is 6.41. The molecule has 0 spiro atoms. The molecule has 2 fully saturated rings. The number of hydrogen-bond acceptors (Lipinski definition) is 4. The van der Waals surface area contributed by atoms with E-state index in [0.29, 0.717) is 23.6 Å². The molecule has 0 amide bonds. The first-order valence-corrected chi connectivity index (χ1v) is 10.8. The Kier molecular flexibility index (Phi) is 4.17. The standard InChI is InChI=1S/C19H27N3O3S/c1-12-6-13-8-14(7-12)10-19(2,9-13)11-25-16-5-3-4-15-17(16)18(20)22-26(23,24)21-15/h3-5,12-14,21H,6-11H2,1-2H3,(H2,20,22). The van der Waals surface area contributed by atoms with Crippen LogP contribution in [-0.2, 0) is 10.2 Å². The molecular formula is C19H27N3O3S. The summed E-state index contributed by atoms with van der Waals surface area (Å²) in [5, 5.41) is 0. The first-order valence-electron chi connectivity index (χ1n) is 9.37. The van der Waals surface area contributed by atoms with Crippen molar-refractivity contribution in [3.05, 3.63) is 23.8 Å². The third kappa shape index (κ3) is 3.41. The Balaban J connectivity index is 1.53. The van der Waals surface area contributed by atoms with Crippen LogP contribution in [-0.4, -0.2) is 20.9 Å². The van der Waals surface area contributed by atoms with Crippen molar-refractivity contribution in [2.24, 2.45) is 33.3 Å². The number of anilines is 1. The van der Waals surface area contributed by atoms with Gasteiger partial charge in [-0.05, 0) is 62.0 Å². The molecule has 6 nitrogen and oxygen atoms in total. The second-order valence-electron chi connectivity index (χ2n) is 8.78. The van der Waals surface area contributed by atoms with Crippen LogP contribution in [0.3, 0.4) is 0 Å². The van der Waals surface area contributed by atoms with Gasteiger partial charge in [-0.2, -0.15) is 8.42 Å². The van der Waals surface area contributed by atoms with Gasteiger partial charge in [0.1, 0.15) is 5.75 Å². The van der Waals surface area contributed by atoms with E-state index in [1.54, 1.807) is 12.1 Å². The van der Waals surface area contributed by atoms with Gasteiger partial charge in [0.05, 0.1) is 17.9 Å². The lowest BCUT2D eigenvalue weighted by Gasteiger charge is -2.47. The average Bonchev–Trinajstić information content (AvgIpc) is 2.50. The average molecular weight is 378 g/mol. The van der Waals surface area contributed by atoms with E-state index >= 15 is 0 Å². The monoisotopic (exact) mass is 377 g/mol. The number of amidine groups is 1. The molecule has 1 aromatic carbocycles. The Morgan fingerprint density at radius 1 is 1.27 bits per heavy atom. The summed E-state index contributed by atoms with van der Waals surface area (Å²) in [5.74, 6) is 3.02. The summed E-state index contributed by atoms with van der Waals surface area (Å²) in [6.45, 7) is 5.31. The van der Waals surface area contributed by atoms with Crippen molar-refractivity contribution in [2.45, 2.75) is 46.0 Å². The topological polar surface area (TPSA) is 93.8 Å². The molecule has 26 heavy (non-hydrogen) atoms. The van der Waals surface area contributed by atoms with Gasteiger partial charge in [-0.15, -0.1) is 4.40 Å². The normalized spacial score (nSPS) is 35.0. The van der Waals surface area contributed by atoms with Crippen molar-refractivity contribution in [1.29, 1.82) is 0 Å². The fourth-order valence-corrected chi connectivity index (χ4v) is 6.26. The summed E-state index contributed by atoms with van der Waals surface area (Å²) in [7, 11) is -3.77. The highest BCUT2D eigenvalue weighted by Crippen LogP contribution is 2.50. The zero-order valence-corrected chi connectivity index (χ0v) is 16.2. The zero-order chi connectivity index (χ0) is 18.5. The van der Waals surface area contributed by atoms with Gasteiger partial charge >= 0.3 is 10.2 Å². The lowest BCUT2D eigenvalue weighted by molar-refractivity contribution is 0.0146. The molecule has 2 aliphatic carbocycles. The van der Waals surface area contributed by atoms with E-state index in [1.807, 2.05) is 6.07 Å². The summed E-state index contributed by atoms with van der Waals surface area (Å²) < 4.78 is 35.6. The van der Waals surface area contributed by atoms with E-state index in [9.17, 15) is 8.42 Å². The third-order valence-electron chi connectivity index (χ3n) is 6.02. The van der Waals surface area contributed by atoms with Crippen LogP contribution in [0.25, 0.3) is 0 Å². The lowest BCUT2D eigenvalue weighted by atomic mass is 9.60. The molecular weight excluding hydrogens is 350 g/mol. The van der Waals surface area contributed by atoms with E-state index in [1.165, 1.54) is 32.1 Å². The van der Waals surface area contributed by atoms with E-state index in [0.717, 1.165) is 17.8 Å². The molecule has 7 heteroatoms. The molecule has 3 N–H and O–H groups in total. The zero-order valence-electron chi connectivity index (χ0n) is 15.4. The minimum absolute atomic E-state index is 0.0196. The Hall–Kier alpha value is -1.76. The SMILES string of the molecule is CC1CC2CC(C1)CC(C)(COc1cccc3c1C(N)=NS(=O)(=O)N3)C2. The van der Waals surface area contributed by atoms with E-state index in [4.69, 9.17) is 10.5 Å². The summed E-state index contributed by atoms with van der Waals surface area (Å²) in [4.78, 5) is 0. The Bertz CT molecular complexity index is 832. The smallest absolute Gasteiger partial charge is 0.344 e. The quantitative estimate of drug-likeness (QED) is 0.845. The number of rotatable bonds is 3. The van der Waals surface area contributed by atoms with E-state index in [2.05, 4.69) is 23.0 Å².